The normalized spacial score (nSPS) is 11.6. The first-order valence-electron chi connectivity index (χ1n) is 5.51. The summed E-state index contributed by atoms with van der Waals surface area (Å²) in [5.74, 6) is -3.04. The van der Waals surface area contributed by atoms with Gasteiger partial charge in [0.25, 0.3) is 0 Å². The van der Waals surface area contributed by atoms with E-state index < -0.39 is 33.0 Å². The van der Waals surface area contributed by atoms with E-state index in [2.05, 4.69) is 0 Å². The number of sulfone groups is 1. The van der Waals surface area contributed by atoms with Crippen LogP contribution in [-0.4, -0.2) is 8.42 Å². The van der Waals surface area contributed by atoms with E-state index in [4.69, 9.17) is 5.73 Å². The number of nitrogens with two attached hydrogens (primary N) is 1. The highest BCUT2D eigenvalue weighted by Crippen LogP contribution is 2.23. The number of anilines is 1. The van der Waals surface area contributed by atoms with Gasteiger partial charge in [0, 0.05) is 6.07 Å². The van der Waals surface area contributed by atoms with Crippen LogP contribution in [0.3, 0.4) is 0 Å². The lowest BCUT2D eigenvalue weighted by atomic mass is 10.2. The smallest absolute Gasteiger partial charge is 0.184 e. The molecule has 0 unspecified atom stereocenters. The topological polar surface area (TPSA) is 60.2 Å². The zero-order valence-electron chi connectivity index (χ0n) is 10.1. The molecule has 0 spiro atoms. The zero-order valence-corrected chi connectivity index (χ0v) is 10.9. The van der Waals surface area contributed by atoms with Crippen LogP contribution in [0.15, 0.2) is 41.3 Å². The molecule has 0 saturated heterocycles. The maximum absolute atomic E-state index is 13.0. The second-order valence-electron chi connectivity index (χ2n) is 4.22. The van der Waals surface area contributed by atoms with Crippen LogP contribution in [0.2, 0.25) is 0 Å². The molecule has 0 atom stereocenters. The molecule has 7 heteroatoms. The third kappa shape index (κ3) is 3.11. The fraction of sp³-hybridized carbons (Fsp3) is 0.0769. The molecule has 0 saturated carbocycles. The van der Waals surface area contributed by atoms with Gasteiger partial charge < -0.3 is 5.73 Å². The lowest BCUT2D eigenvalue weighted by molar-refractivity contribution is 0.579. The highest BCUT2D eigenvalue weighted by Gasteiger charge is 2.19. The summed E-state index contributed by atoms with van der Waals surface area (Å²) < 4.78 is 63.2. The van der Waals surface area contributed by atoms with Crippen molar-refractivity contribution >= 4 is 15.5 Å². The molecule has 106 valence electrons. The first-order chi connectivity index (χ1) is 9.28. The van der Waals surface area contributed by atoms with Gasteiger partial charge in [-0.25, -0.2) is 21.6 Å². The van der Waals surface area contributed by atoms with Crippen molar-refractivity contribution in [1.29, 1.82) is 0 Å². The van der Waals surface area contributed by atoms with Gasteiger partial charge in [0.1, 0.15) is 17.5 Å². The first kappa shape index (κ1) is 14.4. The molecule has 2 rings (SSSR count). The van der Waals surface area contributed by atoms with Gasteiger partial charge in [-0.3, -0.25) is 0 Å². The predicted molar refractivity (Wildman–Crippen MR) is 68.1 cm³/mol. The SMILES string of the molecule is Nc1cc(F)ccc1S(=O)(=O)Cc1cc(F)cc(F)c1. The number of halogens is 3. The molecule has 2 aromatic rings. The Morgan fingerprint density at radius 3 is 2.05 bits per heavy atom. The van der Waals surface area contributed by atoms with Crippen LogP contribution in [0.25, 0.3) is 0 Å². The standard InChI is InChI=1S/C13H10F3NO2S/c14-9-1-2-13(12(17)6-9)20(18,19)7-8-3-10(15)5-11(16)4-8/h1-6H,7,17H2. The van der Waals surface area contributed by atoms with Gasteiger partial charge in [-0.05, 0) is 35.9 Å². The molecule has 0 aromatic heterocycles. The average molecular weight is 301 g/mol. The van der Waals surface area contributed by atoms with Crippen molar-refractivity contribution in [3.05, 3.63) is 59.4 Å². The van der Waals surface area contributed by atoms with Gasteiger partial charge in [0.15, 0.2) is 9.84 Å². The van der Waals surface area contributed by atoms with Crippen LogP contribution in [0.1, 0.15) is 5.56 Å². The molecule has 0 amide bonds. The Hall–Kier alpha value is -2.02. The molecule has 3 nitrogen and oxygen atoms in total. The lowest BCUT2D eigenvalue weighted by Crippen LogP contribution is -2.08. The third-order valence-electron chi connectivity index (χ3n) is 2.59. The number of hydrogen-bond acceptors (Lipinski definition) is 3. The van der Waals surface area contributed by atoms with E-state index in [-0.39, 0.29) is 16.1 Å². The predicted octanol–water partition coefficient (Wildman–Crippen LogP) is 2.66. The summed E-state index contributed by atoms with van der Waals surface area (Å²) in [5.41, 5.74) is 5.16. The van der Waals surface area contributed by atoms with Gasteiger partial charge in [0.2, 0.25) is 0 Å². The Morgan fingerprint density at radius 2 is 1.50 bits per heavy atom. The first-order valence-corrected chi connectivity index (χ1v) is 7.16. The molecule has 0 aliphatic rings. The molecule has 20 heavy (non-hydrogen) atoms. The molecule has 0 bridgehead atoms. The van der Waals surface area contributed by atoms with Gasteiger partial charge >= 0.3 is 0 Å². The minimum atomic E-state index is -3.92. The summed E-state index contributed by atoms with van der Waals surface area (Å²) in [5, 5.41) is 0. The van der Waals surface area contributed by atoms with Crippen molar-refractivity contribution in [2.24, 2.45) is 0 Å². The lowest BCUT2D eigenvalue weighted by Gasteiger charge is -2.08. The van der Waals surface area contributed by atoms with Crippen molar-refractivity contribution in [3.63, 3.8) is 0 Å². The summed E-state index contributed by atoms with van der Waals surface area (Å²) >= 11 is 0. The Bertz CT molecular complexity index is 740. The van der Waals surface area contributed by atoms with Crippen molar-refractivity contribution in [2.45, 2.75) is 10.6 Å². The van der Waals surface area contributed by atoms with E-state index in [0.717, 1.165) is 30.3 Å². The summed E-state index contributed by atoms with van der Waals surface area (Å²) in [6.45, 7) is 0. The fourth-order valence-electron chi connectivity index (χ4n) is 1.79. The number of nitrogen functional groups attached to an aromatic ring is 1. The number of benzene rings is 2. The van der Waals surface area contributed by atoms with Gasteiger partial charge in [0.05, 0.1) is 16.3 Å². The summed E-state index contributed by atoms with van der Waals surface area (Å²) in [6, 6.07) is 5.33. The van der Waals surface area contributed by atoms with Crippen LogP contribution < -0.4 is 5.73 Å². The fourth-order valence-corrected chi connectivity index (χ4v) is 3.25. The van der Waals surface area contributed by atoms with E-state index in [0.29, 0.717) is 6.07 Å². The van der Waals surface area contributed by atoms with Crippen molar-refractivity contribution in [1.82, 2.24) is 0 Å². The highest BCUT2D eigenvalue weighted by atomic mass is 32.2. The third-order valence-corrected chi connectivity index (χ3v) is 4.34. The largest absolute Gasteiger partial charge is 0.398 e. The van der Waals surface area contributed by atoms with Crippen molar-refractivity contribution in [2.75, 3.05) is 5.73 Å². The van der Waals surface area contributed by atoms with Gasteiger partial charge in [-0.1, -0.05) is 0 Å². The minimum absolute atomic E-state index is 0.0498. The van der Waals surface area contributed by atoms with E-state index in [1.165, 1.54) is 0 Å². The van der Waals surface area contributed by atoms with Crippen LogP contribution in [-0.2, 0) is 15.6 Å². The van der Waals surface area contributed by atoms with E-state index in [1.54, 1.807) is 0 Å². The summed E-state index contributed by atoms with van der Waals surface area (Å²) in [7, 11) is -3.92. The van der Waals surface area contributed by atoms with E-state index in [9.17, 15) is 21.6 Å². The van der Waals surface area contributed by atoms with Crippen LogP contribution in [0, 0.1) is 17.5 Å². The Labute approximate surface area is 113 Å². The minimum Gasteiger partial charge on any atom is -0.398 e. The summed E-state index contributed by atoms with van der Waals surface area (Å²) in [4.78, 5) is -0.274. The molecule has 0 aliphatic carbocycles. The Morgan fingerprint density at radius 1 is 0.900 bits per heavy atom. The second kappa shape index (κ2) is 5.16. The zero-order chi connectivity index (χ0) is 14.9. The quantitative estimate of drug-likeness (QED) is 0.700. The monoisotopic (exact) mass is 301 g/mol. The molecular formula is C13H10F3NO2S. The number of rotatable bonds is 3. The van der Waals surface area contributed by atoms with E-state index in [1.807, 2.05) is 0 Å². The molecule has 2 N–H and O–H groups in total. The van der Waals surface area contributed by atoms with Crippen LogP contribution in [0.5, 0.6) is 0 Å². The molecule has 0 heterocycles. The Kier molecular flexibility index (Phi) is 3.71. The van der Waals surface area contributed by atoms with E-state index >= 15 is 0 Å². The molecule has 0 fully saturated rings. The van der Waals surface area contributed by atoms with Crippen LogP contribution in [0.4, 0.5) is 18.9 Å². The molecule has 0 aliphatic heterocycles. The van der Waals surface area contributed by atoms with Crippen molar-refractivity contribution < 1.29 is 21.6 Å². The molecule has 2 aromatic carbocycles. The number of hydrogen-bond donors (Lipinski definition) is 1. The maximum atomic E-state index is 13.0. The molecule has 0 radical (unpaired) electrons. The van der Waals surface area contributed by atoms with Gasteiger partial charge in [-0.15, -0.1) is 0 Å². The van der Waals surface area contributed by atoms with Gasteiger partial charge in [-0.2, -0.15) is 0 Å². The molecular weight excluding hydrogens is 291 g/mol. The second-order valence-corrected chi connectivity index (χ2v) is 6.18. The van der Waals surface area contributed by atoms with Crippen LogP contribution >= 0.6 is 0 Å². The Balaban J connectivity index is 2.40. The summed E-state index contributed by atoms with van der Waals surface area (Å²) in [6.07, 6.45) is 0. The van der Waals surface area contributed by atoms with Crippen molar-refractivity contribution in [3.8, 4) is 0 Å². The average Bonchev–Trinajstić information content (AvgIpc) is 2.25. The maximum Gasteiger partial charge on any atom is 0.184 e. The highest BCUT2D eigenvalue weighted by molar-refractivity contribution is 7.90.